The molecule has 0 saturated heterocycles. The van der Waals surface area contributed by atoms with Gasteiger partial charge in [-0.25, -0.2) is 9.40 Å². The molecule has 2 aromatic carbocycles. The summed E-state index contributed by atoms with van der Waals surface area (Å²) in [6, 6.07) is 11.9. The maximum atomic E-state index is 14.0. The number of amides is 1. The number of β-amino-alcohol motifs (C(OH)–C–C–N with tert-alkyl or cyclic N) is 1. The standard InChI is InChI=1S/C23H26ClFN4O2/c1-15-21(27)22(17-6-9-20(25)18(13-17)14-26)28(11-12-30)29(23(15)31)10-2-3-16-4-7-19(24)8-5-16/h2-9,13,15,30H,10-12,14,26-27H2,1H3. The molecular formula is C23H26ClFN4O2. The molecule has 0 spiro atoms. The van der Waals surface area contributed by atoms with Gasteiger partial charge < -0.3 is 16.6 Å². The van der Waals surface area contributed by atoms with Crippen LogP contribution in [0.15, 0.2) is 54.2 Å². The average Bonchev–Trinajstić information content (AvgIpc) is 2.77. The highest BCUT2D eigenvalue weighted by Gasteiger charge is 2.36. The van der Waals surface area contributed by atoms with Crippen LogP contribution in [0.1, 0.15) is 23.6 Å². The molecule has 0 saturated carbocycles. The topological polar surface area (TPSA) is 95.8 Å². The quantitative estimate of drug-likeness (QED) is 0.610. The Morgan fingerprint density at radius 2 is 1.90 bits per heavy atom. The number of aliphatic hydroxyl groups excluding tert-OH is 1. The maximum absolute atomic E-state index is 14.0. The molecular weight excluding hydrogens is 419 g/mol. The summed E-state index contributed by atoms with van der Waals surface area (Å²) in [6.45, 7) is 2.00. The number of halogens is 2. The third-order valence-electron chi connectivity index (χ3n) is 5.22. The van der Waals surface area contributed by atoms with Gasteiger partial charge in [0.05, 0.1) is 31.3 Å². The summed E-state index contributed by atoms with van der Waals surface area (Å²) in [6.07, 6.45) is 3.74. The molecule has 8 heteroatoms. The fourth-order valence-electron chi connectivity index (χ4n) is 3.52. The Hall–Kier alpha value is -2.87. The van der Waals surface area contributed by atoms with Crippen LogP contribution in [-0.2, 0) is 11.3 Å². The van der Waals surface area contributed by atoms with E-state index in [0.29, 0.717) is 27.5 Å². The number of rotatable bonds is 7. The normalized spacial score (nSPS) is 17.2. The van der Waals surface area contributed by atoms with Crippen molar-refractivity contribution in [1.82, 2.24) is 10.0 Å². The Bertz CT molecular complexity index is 1010. The van der Waals surface area contributed by atoms with Crippen LogP contribution in [0.3, 0.4) is 0 Å². The van der Waals surface area contributed by atoms with E-state index in [9.17, 15) is 14.3 Å². The van der Waals surface area contributed by atoms with Gasteiger partial charge in [0, 0.05) is 28.4 Å². The van der Waals surface area contributed by atoms with Crippen LogP contribution in [0.2, 0.25) is 5.02 Å². The van der Waals surface area contributed by atoms with Crippen molar-refractivity contribution in [3.8, 4) is 0 Å². The first-order valence-electron chi connectivity index (χ1n) is 9.97. The van der Waals surface area contributed by atoms with Crippen LogP contribution >= 0.6 is 11.6 Å². The van der Waals surface area contributed by atoms with E-state index < -0.39 is 11.7 Å². The lowest BCUT2D eigenvalue weighted by Gasteiger charge is -2.43. The zero-order valence-corrected chi connectivity index (χ0v) is 18.0. The van der Waals surface area contributed by atoms with Gasteiger partial charge in [-0.15, -0.1) is 0 Å². The molecule has 0 fully saturated rings. The second kappa shape index (κ2) is 9.96. The van der Waals surface area contributed by atoms with Crippen molar-refractivity contribution < 1.29 is 14.3 Å². The molecule has 0 radical (unpaired) electrons. The van der Waals surface area contributed by atoms with E-state index in [0.717, 1.165) is 5.56 Å². The number of benzene rings is 2. The van der Waals surface area contributed by atoms with Gasteiger partial charge in [0.25, 0.3) is 0 Å². The molecule has 1 aliphatic heterocycles. The summed E-state index contributed by atoms with van der Waals surface area (Å²) in [5.41, 5.74) is 14.9. The fraction of sp³-hybridized carbons (Fsp3) is 0.261. The van der Waals surface area contributed by atoms with Gasteiger partial charge in [-0.05, 0) is 42.8 Å². The SMILES string of the molecule is CC1C(=O)N(CC=Cc2ccc(Cl)cc2)N(CCO)C(c2ccc(F)c(CN)c2)=C1N. The van der Waals surface area contributed by atoms with Gasteiger partial charge in [-0.1, -0.05) is 35.9 Å². The predicted molar refractivity (Wildman–Crippen MR) is 121 cm³/mol. The molecule has 3 rings (SSSR count). The number of carbonyl (C=O) groups excluding carboxylic acids is 1. The monoisotopic (exact) mass is 444 g/mol. The van der Waals surface area contributed by atoms with Gasteiger partial charge in [0.15, 0.2) is 0 Å². The van der Waals surface area contributed by atoms with E-state index in [1.807, 2.05) is 24.3 Å². The first kappa shape index (κ1) is 22.8. The van der Waals surface area contributed by atoms with Crippen LogP contribution in [0, 0.1) is 11.7 Å². The number of hydrogen-bond donors (Lipinski definition) is 3. The van der Waals surface area contributed by atoms with E-state index in [2.05, 4.69) is 0 Å². The van der Waals surface area contributed by atoms with Gasteiger partial charge in [0.1, 0.15) is 5.82 Å². The third kappa shape index (κ3) is 4.90. The highest BCUT2D eigenvalue weighted by molar-refractivity contribution is 6.30. The summed E-state index contributed by atoms with van der Waals surface area (Å²) in [4.78, 5) is 13.0. The summed E-state index contributed by atoms with van der Waals surface area (Å²) in [7, 11) is 0. The molecule has 0 bridgehead atoms. The zero-order valence-electron chi connectivity index (χ0n) is 17.3. The van der Waals surface area contributed by atoms with Gasteiger partial charge >= 0.3 is 0 Å². The summed E-state index contributed by atoms with van der Waals surface area (Å²) in [5, 5.41) is 13.5. The largest absolute Gasteiger partial charge is 0.400 e. The van der Waals surface area contributed by atoms with E-state index in [1.165, 1.54) is 6.07 Å². The first-order valence-corrected chi connectivity index (χ1v) is 10.4. The Morgan fingerprint density at radius 3 is 2.55 bits per heavy atom. The smallest absolute Gasteiger partial charge is 0.250 e. The number of hydrogen-bond acceptors (Lipinski definition) is 5. The van der Waals surface area contributed by atoms with Crippen LogP contribution < -0.4 is 11.5 Å². The Kier molecular flexibility index (Phi) is 7.33. The van der Waals surface area contributed by atoms with E-state index in [-0.39, 0.29) is 32.1 Å². The van der Waals surface area contributed by atoms with Crippen LogP contribution in [0.5, 0.6) is 0 Å². The van der Waals surface area contributed by atoms with Crippen molar-refractivity contribution >= 4 is 29.3 Å². The molecule has 6 nitrogen and oxygen atoms in total. The average molecular weight is 445 g/mol. The molecule has 1 amide bonds. The second-order valence-electron chi connectivity index (χ2n) is 7.26. The lowest BCUT2D eigenvalue weighted by molar-refractivity contribution is -0.147. The van der Waals surface area contributed by atoms with Crippen molar-refractivity contribution in [1.29, 1.82) is 0 Å². The van der Waals surface area contributed by atoms with Gasteiger partial charge in [0.2, 0.25) is 5.91 Å². The molecule has 164 valence electrons. The third-order valence-corrected chi connectivity index (χ3v) is 5.48. The van der Waals surface area contributed by atoms with Crippen LogP contribution in [0.4, 0.5) is 4.39 Å². The highest BCUT2D eigenvalue weighted by atomic mass is 35.5. The van der Waals surface area contributed by atoms with Crippen molar-refractivity contribution in [2.75, 3.05) is 19.7 Å². The summed E-state index contributed by atoms with van der Waals surface area (Å²) in [5.74, 6) is -1.15. The molecule has 0 aromatic heterocycles. The second-order valence-corrected chi connectivity index (χ2v) is 7.69. The maximum Gasteiger partial charge on any atom is 0.250 e. The first-order chi connectivity index (χ1) is 14.9. The molecule has 1 heterocycles. The molecule has 1 atom stereocenters. The molecule has 1 unspecified atom stereocenters. The van der Waals surface area contributed by atoms with Crippen LogP contribution in [0.25, 0.3) is 11.8 Å². The van der Waals surface area contributed by atoms with E-state index in [4.69, 9.17) is 23.1 Å². The van der Waals surface area contributed by atoms with Crippen molar-refractivity contribution in [3.05, 3.63) is 81.8 Å². The number of carbonyl (C=O) groups is 1. The number of nitrogens with two attached hydrogens (primary N) is 2. The van der Waals surface area contributed by atoms with E-state index in [1.54, 1.807) is 41.2 Å². The predicted octanol–water partition coefficient (Wildman–Crippen LogP) is 2.97. The number of nitrogens with zero attached hydrogens (tertiary/aromatic N) is 2. The summed E-state index contributed by atoms with van der Waals surface area (Å²) < 4.78 is 14.0. The Balaban J connectivity index is 1.96. The molecule has 0 aliphatic carbocycles. The van der Waals surface area contributed by atoms with Gasteiger partial charge in [-0.2, -0.15) is 0 Å². The fourth-order valence-corrected chi connectivity index (χ4v) is 3.65. The molecule has 31 heavy (non-hydrogen) atoms. The van der Waals surface area contributed by atoms with Crippen molar-refractivity contribution in [2.45, 2.75) is 13.5 Å². The number of hydrazine groups is 1. The molecule has 2 aromatic rings. The lowest BCUT2D eigenvalue weighted by atomic mass is 9.97. The minimum absolute atomic E-state index is 0.0366. The minimum Gasteiger partial charge on any atom is -0.400 e. The Morgan fingerprint density at radius 1 is 1.19 bits per heavy atom. The molecule has 5 N–H and O–H groups in total. The number of aliphatic hydroxyl groups is 1. The Labute approximate surface area is 186 Å². The van der Waals surface area contributed by atoms with Crippen molar-refractivity contribution in [2.24, 2.45) is 17.4 Å². The summed E-state index contributed by atoms with van der Waals surface area (Å²) >= 11 is 5.92. The zero-order chi connectivity index (χ0) is 22.5. The highest BCUT2D eigenvalue weighted by Crippen LogP contribution is 2.33. The molecule has 1 aliphatic rings. The van der Waals surface area contributed by atoms with Crippen LogP contribution in [-0.4, -0.2) is 40.7 Å². The minimum atomic E-state index is -0.569. The van der Waals surface area contributed by atoms with Gasteiger partial charge in [-0.3, -0.25) is 9.80 Å². The van der Waals surface area contributed by atoms with E-state index >= 15 is 0 Å². The lowest BCUT2D eigenvalue weighted by Crippen LogP contribution is -2.53. The van der Waals surface area contributed by atoms with Crippen molar-refractivity contribution in [3.63, 3.8) is 0 Å².